The van der Waals surface area contributed by atoms with Crippen molar-refractivity contribution < 1.29 is 0 Å². The number of nitrogens with one attached hydrogen (secondary N) is 2. The summed E-state index contributed by atoms with van der Waals surface area (Å²) in [5.41, 5.74) is 7.33. The van der Waals surface area contributed by atoms with E-state index in [0.717, 1.165) is 5.56 Å². The molecule has 0 aliphatic heterocycles. The van der Waals surface area contributed by atoms with Gasteiger partial charge >= 0.3 is 0 Å². The molecule has 3 aromatic heterocycles. The lowest BCUT2D eigenvalue weighted by atomic mass is 10.1. The highest BCUT2D eigenvalue weighted by Gasteiger charge is 2.21. The van der Waals surface area contributed by atoms with Crippen molar-refractivity contribution in [2.45, 2.75) is 19.9 Å². The number of aryl methyl sites for hydroxylation is 1. The minimum atomic E-state index is -0.575. The molecule has 170 valence electrons. The smallest absolute Gasteiger partial charge is 0.267 e. The number of rotatable bonds is 4. The number of anilines is 2. The number of aromatic amines is 1. The summed E-state index contributed by atoms with van der Waals surface area (Å²) >= 11 is 6.37. The van der Waals surface area contributed by atoms with Gasteiger partial charge in [-0.1, -0.05) is 29.8 Å². The summed E-state index contributed by atoms with van der Waals surface area (Å²) in [4.78, 5) is 45.7. The van der Waals surface area contributed by atoms with E-state index in [0.29, 0.717) is 27.4 Å². The van der Waals surface area contributed by atoms with Gasteiger partial charge < -0.3 is 16.0 Å². The molecule has 11 heteroatoms. The van der Waals surface area contributed by atoms with Crippen molar-refractivity contribution in [3.63, 3.8) is 0 Å². The van der Waals surface area contributed by atoms with Crippen LogP contribution in [0.1, 0.15) is 24.4 Å². The van der Waals surface area contributed by atoms with Crippen LogP contribution in [0, 0.1) is 6.92 Å². The number of H-pyrrole nitrogens is 1. The Hall–Kier alpha value is -4.31. The van der Waals surface area contributed by atoms with E-state index in [-0.39, 0.29) is 28.4 Å². The number of hydrogen-bond donors (Lipinski definition) is 3. The van der Waals surface area contributed by atoms with Gasteiger partial charge in [-0.3, -0.25) is 14.2 Å². The van der Waals surface area contributed by atoms with Crippen molar-refractivity contribution in [2.24, 2.45) is 0 Å². The number of nitrogen functional groups attached to an aromatic ring is 1. The van der Waals surface area contributed by atoms with Gasteiger partial charge in [0.25, 0.3) is 11.1 Å². The zero-order valence-corrected chi connectivity index (χ0v) is 19.0. The van der Waals surface area contributed by atoms with Crippen LogP contribution in [0.5, 0.6) is 0 Å². The Morgan fingerprint density at radius 1 is 1.09 bits per heavy atom. The molecular formula is C23H19ClN8O2. The summed E-state index contributed by atoms with van der Waals surface area (Å²) in [7, 11) is 0. The molecular weight excluding hydrogens is 456 g/mol. The van der Waals surface area contributed by atoms with Crippen LogP contribution in [-0.4, -0.2) is 29.5 Å². The zero-order valence-electron chi connectivity index (χ0n) is 18.2. The molecule has 1 unspecified atom stereocenters. The first-order valence-electron chi connectivity index (χ1n) is 10.4. The molecule has 0 saturated carbocycles. The molecule has 0 aliphatic carbocycles. The maximum atomic E-state index is 13.7. The number of hydrogen-bond acceptors (Lipinski definition) is 8. The highest BCUT2D eigenvalue weighted by Crippen LogP contribution is 2.26. The van der Waals surface area contributed by atoms with Gasteiger partial charge in [-0.25, -0.2) is 9.97 Å². The lowest BCUT2D eigenvalue weighted by Crippen LogP contribution is -2.28. The number of fused-ring (bicyclic) bond motifs is 2. The third-order valence-electron chi connectivity index (χ3n) is 5.39. The molecule has 0 bridgehead atoms. The molecule has 0 fully saturated rings. The average molecular weight is 475 g/mol. The Bertz CT molecular complexity index is 1700. The second kappa shape index (κ2) is 8.23. The highest BCUT2D eigenvalue weighted by molar-refractivity contribution is 6.35. The largest absolute Gasteiger partial charge is 0.368 e. The Balaban J connectivity index is 1.74. The van der Waals surface area contributed by atoms with Crippen LogP contribution in [0.3, 0.4) is 0 Å². The maximum Gasteiger partial charge on any atom is 0.267 e. The lowest BCUT2D eigenvalue weighted by molar-refractivity contribution is 0.731. The number of nitrogens with zero attached hydrogens (tertiary/aromatic N) is 5. The molecule has 0 amide bonds. The monoisotopic (exact) mass is 474 g/mol. The Labute approximate surface area is 197 Å². The second-order valence-corrected chi connectivity index (χ2v) is 8.22. The third-order valence-corrected chi connectivity index (χ3v) is 5.70. The number of halogens is 1. The SMILES string of the molecule is Cc1cccc(-n2c(C(C)Nc3nc(N)nc4nc[nH]c(=O)c34)nc3cccc(Cl)c3c2=O)c1. The van der Waals surface area contributed by atoms with Crippen LogP contribution in [0.2, 0.25) is 5.02 Å². The average Bonchev–Trinajstić information content (AvgIpc) is 2.78. The van der Waals surface area contributed by atoms with Crippen LogP contribution in [0.15, 0.2) is 58.4 Å². The van der Waals surface area contributed by atoms with Gasteiger partial charge in [-0.05, 0) is 43.7 Å². The molecule has 10 nitrogen and oxygen atoms in total. The van der Waals surface area contributed by atoms with Crippen molar-refractivity contribution >= 4 is 45.3 Å². The predicted molar refractivity (Wildman–Crippen MR) is 131 cm³/mol. The number of benzene rings is 2. The molecule has 5 rings (SSSR count). The van der Waals surface area contributed by atoms with Gasteiger partial charge in [0.05, 0.1) is 34.0 Å². The van der Waals surface area contributed by atoms with Crippen LogP contribution in [0.25, 0.3) is 27.6 Å². The van der Waals surface area contributed by atoms with Crippen molar-refractivity contribution in [2.75, 3.05) is 11.1 Å². The van der Waals surface area contributed by atoms with Crippen LogP contribution in [-0.2, 0) is 0 Å². The fourth-order valence-electron chi connectivity index (χ4n) is 3.88. The van der Waals surface area contributed by atoms with E-state index in [1.165, 1.54) is 10.9 Å². The van der Waals surface area contributed by atoms with Crippen molar-refractivity contribution in [3.8, 4) is 5.69 Å². The fourth-order valence-corrected chi connectivity index (χ4v) is 4.13. The van der Waals surface area contributed by atoms with Crippen molar-refractivity contribution in [1.29, 1.82) is 0 Å². The standard InChI is InChI=1S/C23H19ClN8O2/c1-11-5-3-6-13(9-11)32-20(29-15-8-4-7-14(24)16(15)22(32)34)12(2)28-19-17-18(30-23(25)31-19)26-10-27-21(17)33/h3-10,12H,1-2H3,(H4,25,26,27,28,30,31,33). The first-order chi connectivity index (χ1) is 16.3. The quantitative estimate of drug-likeness (QED) is 0.360. The number of nitrogens with two attached hydrogens (primary N) is 1. The van der Waals surface area contributed by atoms with Crippen LogP contribution < -0.4 is 22.2 Å². The topological polar surface area (TPSA) is 144 Å². The van der Waals surface area contributed by atoms with Crippen LogP contribution in [0.4, 0.5) is 11.8 Å². The summed E-state index contributed by atoms with van der Waals surface area (Å²) in [5.74, 6) is 0.534. The van der Waals surface area contributed by atoms with E-state index in [4.69, 9.17) is 22.3 Å². The number of aromatic nitrogens is 6. The third kappa shape index (κ3) is 3.63. The minimum Gasteiger partial charge on any atom is -0.368 e. The molecule has 34 heavy (non-hydrogen) atoms. The lowest BCUT2D eigenvalue weighted by Gasteiger charge is -2.21. The fraction of sp³-hybridized carbons (Fsp3) is 0.130. The summed E-state index contributed by atoms with van der Waals surface area (Å²) < 4.78 is 1.51. The molecule has 5 aromatic rings. The van der Waals surface area contributed by atoms with Gasteiger partial charge in [0.1, 0.15) is 17.0 Å². The molecule has 0 radical (unpaired) electrons. The van der Waals surface area contributed by atoms with E-state index in [9.17, 15) is 9.59 Å². The van der Waals surface area contributed by atoms with Gasteiger partial charge in [0, 0.05) is 0 Å². The molecule has 4 N–H and O–H groups in total. The van der Waals surface area contributed by atoms with E-state index < -0.39 is 11.6 Å². The van der Waals surface area contributed by atoms with E-state index in [1.54, 1.807) is 25.1 Å². The zero-order chi connectivity index (χ0) is 24.0. The first-order valence-corrected chi connectivity index (χ1v) is 10.8. The predicted octanol–water partition coefficient (Wildman–Crippen LogP) is 3.13. The minimum absolute atomic E-state index is 0.0466. The molecule has 2 aromatic carbocycles. The van der Waals surface area contributed by atoms with Crippen molar-refractivity contribution in [1.82, 2.24) is 29.5 Å². The maximum absolute atomic E-state index is 13.7. The Morgan fingerprint density at radius 3 is 2.68 bits per heavy atom. The molecule has 3 heterocycles. The highest BCUT2D eigenvalue weighted by atomic mass is 35.5. The first kappa shape index (κ1) is 21.5. The molecule has 0 saturated heterocycles. The summed E-state index contributed by atoms with van der Waals surface area (Å²) in [6, 6.07) is 12.0. The molecule has 0 aliphatic rings. The normalized spacial score (nSPS) is 12.2. The second-order valence-electron chi connectivity index (χ2n) is 7.81. The van der Waals surface area contributed by atoms with E-state index in [1.807, 2.05) is 31.2 Å². The molecule has 1 atom stereocenters. The van der Waals surface area contributed by atoms with Crippen molar-refractivity contribution in [3.05, 3.63) is 85.9 Å². The van der Waals surface area contributed by atoms with E-state index >= 15 is 0 Å². The summed E-state index contributed by atoms with van der Waals surface area (Å²) in [6.45, 7) is 3.74. The van der Waals surface area contributed by atoms with Gasteiger partial charge in [-0.2, -0.15) is 9.97 Å². The van der Waals surface area contributed by atoms with Gasteiger partial charge in [0.15, 0.2) is 5.65 Å². The Morgan fingerprint density at radius 2 is 1.88 bits per heavy atom. The van der Waals surface area contributed by atoms with Gasteiger partial charge in [0.2, 0.25) is 5.95 Å². The Kier molecular flexibility index (Phi) is 5.21. The van der Waals surface area contributed by atoms with Crippen LogP contribution >= 0.6 is 11.6 Å². The summed E-state index contributed by atoms with van der Waals surface area (Å²) in [5, 5.41) is 3.95. The van der Waals surface area contributed by atoms with Gasteiger partial charge in [-0.15, -0.1) is 0 Å². The van der Waals surface area contributed by atoms with E-state index in [2.05, 4.69) is 25.3 Å². The molecule has 0 spiro atoms. The summed E-state index contributed by atoms with van der Waals surface area (Å²) in [6.07, 6.45) is 1.24.